The molecule has 6 nitrogen and oxygen atoms in total. The summed E-state index contributed by atoms with van der Waals surface area (Å²) in [7, 11) is 1.25. The largest absolute Gasteiger partial charge is 0.481 e. The molecule has 0 saturated carbocycles. The molecule has 0 aliphatic carbocycles. The van der Waals surface area contributed by atoms with Gasteiger partial charge in [0.1, 0.15) is 5.60 Å². The van der Waals surface area contributed by atoms with Gasteiger partial charge in [-0.1, -0.05) is 6.92 Å². The van der Waals surface area contributed by atoms with Crippen molar-refractivity contribution in [3.8, 4) is 5.75 Å². The normalized spacial score (nSPS) is 10.9. The second kappa shape index (κ2) is 5.69. The van der Waals surface area contributed by atoms with E-state index in [4.69, 9.17) is 4.74 Å². The first-order valence-corrected chi connectivity index (χ1v) is 5.86. The molecule has 1 aromatic carbocycles. The first-order valence-electron chi connectivity index (χ1n) is 5.86. The minimum atomic E-state index is -0.561. The van der Waals surface area contributed by atoms with Crippen LogP contribution in [0.4, 0.5) is 5.69 Å². The summed E-state index contributed by atoms with van der Waals surface area (Å²) in [4.78, 5) is 21.9. The van der Waals surface area contributed by atoms with Gasteiger partial charge in [0.2, 0.25) is 0 Å². The lowest BCUT2D eigenvalue weighted by atomic mass is 10.1. The predicted octanol–water partition coefficient (Wildman–Crippen LogP) is 2.95. The number of methoxy groups -OCH3 is 1. The topological polar surface area (TPSA) is 78.7 Å². The van der Waals surface area contributed by atoms with Crippen molar-refractivity contribution in [2.75, 3.05) is 7.11 Å². The van der Waals surface area contributed by atoms with Crippen LogP contribution in [0.3, 0.4) is 0 Å². The van der Waals surface area contributed by atoms with Gasteiger partial charge in [-0.05, 0) is 26.3 Å². The molecule has 0 N–H and O–H groups in total. The minimum absolute atomic E-state index is 0.0692. The van der Waals surface area contributed by atoms with E-state index in [1.165, 1.54) is 25.3 Å². The Kier molecular flexibility index (Phi) is 4.47. The van der Waals surface area contributed by atoms with Crippen LogP contribution >= 0.6 is 0 Å². The molecule has 1 rings (SSSR count). The zero-order chi connectivity index (χ0) is 14.6. The molecule has 0 saturated heterocycles. The molecule has 0 atom stereocenters. The van der Waals surface area contributed by atoms with Gasteiger partial charge in [-0.15, -0.1) is 0 Å². The highest BCUT2D eigenvalue weighted by molar-refractivity contribution is 5.90. The van der Waals surface area contributed by atoms with Gasteiger partial charge in [-0.2, -0.15) is 0 Å². The summed E-state index contributed by atoms with van der Waals surface area (Å²) in [6, 6.07) is 3.92. The van der Waals surface area contributed by atoms with Gasteiger partial charge >= 0.3 is 11.7 Å². The number of nitro groups is 1. The van der Waals surface area contributed by atoms with Crippen LogP contribution in [0.5, 0.6) is 5.75 Å². The van der Waals surface area contributed by atoms with E-state index >= 15 is 0 Å². The van der Waals surface area contributed by atoms with Crippen molar-refractivity contribution in [2.24, 2.45) is 0 Å². The second-order valence-electron chi connectivity index (χ2n) is 4.65. The smallest absolute Gasteiger partial charge is 0.337 e. The summed E-state index contributed by atoms with van der Waals surface area (Å²) in [6.45, 7) is 5.55. The van der Waals surface area contributed by atoms with Crippen LogP contribution in [-0.2, 0) is 4.74 Å². The van der Waals surface area contributed by atoms with Gasteiger partial charge in [-0.3, -0.25) is 10.1 Å². The molecule has 104 valence electrons. The van der Waals surface area contributed by atoms with E-state index in [2.05, 4.69) is 4.74 Å². The summed E-state index contributed by atoms with van der Waals surface area (Å²) in [5.41, 5.74) is -0.511. The van der Waals surface area contributed by atoms with Gasteiger partial charge in [-0.25, -0.2) is 4.79 Å². The molecule has 0 unspecified atom stereocenters. The number of benzene rings is 1. The molecule has 6 heteroatoms. The van der Waals surface area contributed by atoms with Crippen molar-refractivity contribution >= 4 is 11.7 Å². The highest BCUT2D eigenvalue weighted by Crippen LogP contribution is 2.32. The van der Waals surface area contributed by atoms with E-state index < -0.39 is 16.5 Å². The quantitative estimate of drug-likeness (QED) is 0.465. The molecule has 0 aromatic heterocycles. The molecular formula is C13H17NO5. The number of hydrogen-bond acceptors (Lipinski definition) is 5. The molecule has 0 radical (unpaired) electrons. The van der Waals surface area contributed by atoms with Crippen molar-refractivity contribution < 1.29 is 19.2 Å². The molecule has 19 heavy (non-hydrogen) atoms. The van der Waals surface area contributed by atoms with Crippen molar-refractivity contribution in [3.05, 3.63) is 33.9 Å². The highest BCUT2D eigenvalue weighted by atomic mass is 16.6. The lowest BCUT2D eigenvalue weighted by Gasteiger charge is -2.24. The molecule has 0 heterocycles. The molecule has 0 spiro atoms. The first-order chi connectivity index (χ1) is 8.80. The van der Waals surface area contributed by atoms with Gasteiger partial charge < -0.3 is 9.47 Å². The van der Waals surface area contributed by atoms with Gasteiger partial charge in [0.15, 0.2) is 5.75 Å². The number of nitrogens with zero attached hydrogens (tertiary/aromatic N) is 1. The fourth-order valence-corrected chi connectivity index (χ4v) is 1.36. The third-order valence-electron chi connectivity index (χ3n) is 2.82. The Hall–Kier alpha value is -2.11. The average Bonchev–Trinajstić information content (AvgIpc) is 2.37. The van der Waals surface area contributed by atoms with Crippen LogP contribution in [-0.4, -0.2) is 23.6 Å². The molecule has 1 aromatic rings. The van der Waals surface area contributed by atoms with Crippen LogP contribution < -0.4 is 4.74 Å². The van der Waals surface area contributed by atoms with E-state index in [0.29, 0.717) is 6.42 Å². The number of ether oxygens (including phenoxy) is 2. The number of esters is 1. The highest BCUT2D eigenvalue weighted by Gasteiger charge is 2.24. The maximum absolute atomic E-state index is 11.4. The summed E-state index contributed by atoms with van der Waals surface area (Å²) in [5.74, 6) is -0.492. The Morgan fingerprint density at radius 3 is 2.53 bits per heavy atom. The third-order valence-corrected chi connectivity index (χ3v) is 2.82. The number of rotatable bonds is 5. The second-order valence-corrected chi connectivity index (χ2v) is 4.65. The summed E-state index contributed by atoms with van der Waals surface area (Å²) < 4.78 is 10.2. The van der Waals surface area contributed by atoms with Crippen LogP contribution in [0.2, 0.25) is 0 Å². The number of nitro benzene ring substituents is 1. The molecule has 0 aliphatic heterocycles. The molecule has 0 bridgehead atoms. The lowest BCUT2D eigenvalue weighted by molar-refractivity contribution is -0.386. The minimum Gasteiger partial charge on any atom is -0.481 e. The molecule has 0 fully saturated rings. The number of carbonyl (C=O) groups excluding carboxylic acids is 1. The summed E-state index contributed by atoms with van der Waals surface area (Å²) in [6.07, 6.45) is 0.673. The van der Waals surface area contributed by atoms with Crippen LogP contribution in [0, 0.1) is 10.1 Å². The fourth-order valence-electron chi connectivity index (χ4n) is 1.36. The maximum Gasteiger partial charge on any atom is 0.337 e. The number of hydrogen-bond donors (Lipinski definition) is 0. The van der Waals surface area contributed by atoms with Crippen LogP contribution in [0.1, 0.15) is 37.6 Å². The van der Waals surface area contributed by atoms with Gasteiger partial charge in [0, 0.05) is 12.1 Å². The van der Waals surface area contributed by atoms with Gasteiger partial charge in [0.25, 0.3) is 0 Å². The van der Waals surface area contributed by atoms with E-state index in [9.17, 15) is 14.9 Å². The zero-order valence-corrected chi connectivity index (χ0v) is 11.4. The van der Waals surface area contributed by atoms with Crippen molar-refractivity contribution in [1.82, 2.24) is 0 Å². The molecule has 0 amide bonds. The Balaban J connectivity index is 3.23. The standard InChI is InChI=1S/C13H17NO5/c1-5-13(2,3)19-11-8-9(12(15)18-4)6-7-10(11)14(16)17/h6-8H,5H2,1-4H3. The van der Waals surface area contributed by atoms with Crippen molar-refractivity contribution in [2.45, 2.75) is 32.8 Å². The monoisotopic (exact) mass is 267 g/mol. The molecular weight excluding hydrogens is 250 g/mol. The van der Waals surface area contributed by atoms with Crippen molar-refractivity contribution in [1.29, 1.82) is 0 Å². The molecule has 0 aliphatic rings. The first kappa shape index (κ1) is 14.9. The van der Waals surface area contributed by atoms with Crippen LogP contribution in [0.15, 0.2) is 18.2 Å². The SMILES string of the molecule is CCC(C)(C)Oc1cc(C(=O)OC)ccc1[N+](=O)[O-]. The number of carbonyl (C=O) groups is 1. The van der Waals surface area contributed by atoms with E-state index in [1.807, 2.05) is 20.8 Å². The predicted molar refractivity (Wildman–Crippen MR) is 69.4 cm³/mol. The maximum atomic E-state index is 11.4. The van der Waals surface area contributed by atoms with E-state index in [-0.39, 0.29) is 17.0 Å². The fraction of sp³-hybridized carbons (Fsp3) is 0.462. The Morgan fingerprint density at radius 2 is 2.05 bits per heavy atom. The summed E-state index contributed by atoms with van der Waals surface area (Å²) >= 11 is 0. The summed E-state index contributed by atoms with van der Waals surface area (Å²) in [5, 5.41) is 11.0. The lowest BCUT2D eigenvalue weighted by Crippen LogP contribution is -2.27. The Labute approximate surface area is 111 Å². The van der Waals surface area contributed by atoms with Crippen LogP contribution in [0.25, 0.3) is 0 Å². The zero-order valence-electron chi connectivity index (χ0n) is 11.4. The third kappa shape index (κ3) is 3.67. The Morgan fingerprint density at radius 1 is 1.42 bits per heavy atom. The van der Waals surface area contributed by atoms with E-state index in [1.54, 1.807) is 0 Å². The van der Waals surface area contributed by atoms with Gasteiger partial charge in [0.05, 0.1) is 17.6 Å². The van der Waals surface area contributed by atoms with Crippen molar-refractivity contribution in [3.63, 3.8) is 0 Å². The van der Waals surface area contributed by atoms with E-state index in [0.717, 1.165) is 0 Å². The average molecular weight is 267 g/mol. The Bertz CT molecular complexity index is 496.